The molecule has 2 atom stereocenters. The van der Waals surface area contributed by atoms with E-state index in [9.17, 15) is 32.4 Å². The average molecular weight is 324 g/mol. The molecule has 1 heterocycles. The fourth-order valence-electron chi connectivity index (χ4n) is 3.31. The second kappa shape index (κ2) is 5.41. The molecular weight excluding hydrogens is 311 g/mol. The van der Waals surface area contributed by atoms with Crippen LogP contribution in [0, 0.1) is 29.1 Å². The van der Waals surface area contributed by atoms with Crippen molar-refractivity contribution in [2.75, 3.05) is 0 Å². The molecule has 0 unspecified atom stereocenters. The van der Waals surface area contributed by atoms with Crippen molar-refractivity contribution in [2.24, 2.45) is 0 Å². The van der Waals surface area contributed by atoms with E-state index in [1.54, 1.807) is 0 Å². The van der Waals surface area contributed by atoms with Crippen molar-refractivity contribution >= 4 is 0 Å². The fraction of sp³-hybridized carbons (Fsp3) is 0.538. The Bertz CT molecular complexity index is 568. The summed E-state index contributed by atoms with van der Waals surface area (Å²) in [5, 5.41) is 21.1. The molecule has 0 spiro atoms. The Hall–Kier alpha value is -1.29. The fourth-order valence-corrected chi connectivity index (χ4v) is 3.31. The molecule has 0 aromatic heterocycles. The van der Waals surface area contributed by atoms with E-state index < -0.39 is 52.9 Å². The summed E-state index contributed by atoms with van der Waals surface area (Å²) in [4.78, 5) is 0. The van der Waals surface area contributed by atoms with Crippen molar-refractivity contribution in [3.63, 3.8) is 0 Å². The molecule has 9 heteroatoms. The van der Waals surface area contributed by atoms with Gasteiger partial charge in [-0.05, 0) is 12.8 Å². The van der Waals surface area contributed by atoms with E-state index in [1.807, 2.05) is 0 Å². The Morgan fingerprint density at radius 3 is 1.45 bits per heavy atom. The van der Waals surface area contributed by atoms with Crippen LogP contribution in [0.25, 0.3) is 0 Å². The van der Waals surface area contributed by atoms with Crippen LogP contribution in [-0.2, 0) is 0 Å². The molecule has 122 valence electrons. The first-order chi connectivity index (χ1) is 10.4. The summed E-state index contributed by atoms with van der Waals surface area (Å²) >= 11 is 0. The highest BCUT2D eigenvalue weighted by Gasteiger charge is 2.50. The summed E-state index contributed by atoms with van der Waals surface area (Å²) in [6.07, 6.45) is 0.526. The minimum Gasteiger partial charge on any atom is -0.312 e. The lowest BCUT2D eigenvalue weighted by molar-refractivity contribution is -0.213. The Morgan fingerprint density at radius 1 is 0.682 bits per heavy atom. The highest BCUT2D eigenvalue weighted by Crippen LogP contribution is 2.43. The molecule has 2 fully saturated rings. The van der Waals surface area contributed by atoms with Gasteiger partial charge in [0.15, 0.2) is 23.3 Å². The number of hydrogen-bond donors (Lipinski definition) is 2. The van der Waals surface area contributed by atoms with E-state index in [0.717, 1.165) is 12.8 Å². The maximum Gasteiger partial charge on any atom is 0.200 e. The molecule has 1 saturated heterocycles. The Morgan fingerprint density at radius 2 is 1.05 bits per heavy atom. The van der Waals surface area contributed by atoms with E-state index in [-0.39, 0.29) is 0 Å². The second-order valence-corrected chi connectivity index (χ2v) is 5.54. The standard InChI is InChI=1S/C13H13F5N2O2/c14-8-7(9(15)11(17)12(18)10(8)16)13-19(21)5-3-1-2-4-6(5)20(13)22/h5-6,13,21-22H,1-4H2/t5-,6-/m0/s1. The summed E-state index contributed by atoms with van der Waals surface area (Å²) in [5.41, 5.74) is -1.25. The molecular formula is C13H13F5N2O2. The van der Waals surface area contributed by atoms with Crippen LogP contribution in [0.5, 0.6) is 0 Å². The minimum atomic E-state index is -2.27. The summed E-state index contributed by atoms with van der Waals surface area (Å²) in [6, 6.07) is -1.25. The van der Waals surface area contributed by atoms with E-state index in [1.165, 1.54) is 0 Å². The molecule has 0 bridgehead atoms. The van der Waals surface area contributed by atoms with Crippen LogP contribution in [0.1, 0.15) is 37.4 Å². The van der Waals surface area contributed by atoms with Gasteiger partial charge < -0.3 is 10.4 Å². The minimum absolute atomic E-state index is 0.449. The van der Waals surface area contributed by atoms with Crippen molar-refractivity contribution in [1.29, 1.82) is 0 Å². The lowest BCUT2D eigenvalue weighted by Gasteiger charge is -2.27. The van der Waals surface area contributed by atoms with Crippen LogP contribution in [0.4, 0.5) is 22.0 Å². The Labute approximate surface area is 122 Å². The zero-order valence-corrected chi connectivity index (χ0v) is 11.2. The van der Waals surface area contributed by atoms with Gasteiger partial charge in [0.25, 0.3) is 0 Å². The Balaban J connectivity index is 2.11. The molecule has 0 radical (unpaired) electrons. The maximum atomic E-state index is 13.9. The first kappa shape index (κ1) is 15.6. The number of hydrogen-bond acceptors (Lipinski definition) is 4. The van der Waals surface area contributed by atoms with Gasteiger partial charge >= 0.3 is 0 Å². The smallest absolute Gasteiger partial charge is 0.200 e. The summed E-state index contributed by atoms with van der Waals surface area (Å²) in [7, 11) is 0. The van der Waals surface area contributed by atoms with Gasteiger partial charge in [0, 0.05) is 0 Å². The number of nitrogens with zero attached hydrogens (tertiary/aromatic N) is 2. The van der Waals surface area contributed by atoms with Crippen LogP contribution in [-0.4, -0.2) is 32.6 Å². The largest absolute Gasteiger partial charge is 0.312 e. The van der Waals surface area contributed by atoms with E-state index in [4.69, 9.17) is 0 Å². The highest BCUT2D eigenvalue weighted by molar-refractivity contribution is 5.27. The van der Waals surface area contributed by atoms with Gasteiger partial charge in [-0.1, -0.05) is 12.8 Å². The van der Waals surface area contributed by atoms with E-state index in [0.29, 0.717) is 23.0 Å². The predicted octanol–water partition coefficient (Wildman–Crippen LogP) is 3.09. The van der Waals surface area contributed by atoms with Crippen LogP contribution in [0.3, 0.4) is 0 Å². The van der Waals surface area contributed by atoms with Gasteiger partial charge in [-0.2, -0.15) is 10.1 Å². The van der Waals surface area contributed by atoms with Gasteiger partial charge in [0.2, 0.25) is 5.82 Å². The summed E-state index contributed by atoms with van der Waals surface area (Å²) < 4.78 is 67.5. The molecule has 2 N–H and O–H groups in total. The van der Waals surface area contributed by atoms with Gasteiger partial charge in [0.1, 0.15) is 6.17 Å². The number of hydroxylamine groups is 4. The average Bonchev–Trinajstić information content (AvgIpc) is 2.77. The molecule has 22 heavy (non-hydrogen) atoms. The lowest BCUT2D eigenvalue weighted by Crippen LogP contribution is -2.37. The molecule has 1 aromatic rings. The van der Waals surface area contributed by atoms with Crippen LogP contribution >= 0.6 is 0 Å². The second-order valence-electron chi connectivity index (χ2n) is 5.54. The van der Waals surface area contributed by atoms with Gasteiger partial charge in [-0.15, -0.1) is 0 Å². The van der Waals surface area contributed by atoms with Crippen molar-refractivity contribution < 1.29 is 32.4 Å². The third-order valence-electron chi connectivity index (χ3n) is 4.38. The zero-order valence-electron chi connectivity index (χ0n) is 11.2. The topological polar surface area (TPSA) is 46.9 Å². The SMILES string of the molecule is ON1C(c2c(F)c(F)c(F)c(F)c2F)N(O)[C@H]2CCCC[C@@H]21. The molecule has 3 rings (SSSR count). The molecule has 1 aliphatic heterocycles. The molecule has 1 aliphatic carbocycles. The van der Waals surface area contributed by atoms with Crippen molar-refractivity contribution in [1.82, 2.24) is 10.1 Å². The summed E-state index contributed by atoms with van der Waals surface area (Å²) in [6.45, 7) is 0. The van der Waals surface area contributed by atoms with Crippen LogP contribution < -0.4 is 0 Å². The number of halogens is 5. The van der Waals surface area contributed by atoms with Gasteiger partial charge in [0.05, 0.1) is 17.6 Å². The molecule has 4 nitrogen and oxygen atoms in total. The van der Waals surface area contributed by atoms with E-state index in [2.05, 4.69) is 0 Å². The molecule has 0 amide bonds. The number of benzene rings is 1. The van der Waals surface area contributed by atoms with Crippen LogP contribution in [0.2, 0.25) is 0 Å². The highest BCUT2D eigenvalue weighted by atomic mass is 19.2. The molecule has 1 saturated carbocycles. The van der Waals surface area contributed by atoms with Crippen molar-refractivity contribution in [3.8, 4) is 0 Å². The molecule has 2 aliphatic rings. The monoisotopic (exact) mass is 324 g/mol. The van der Waals surface area contributed by atoms with Crippen molar-refractivity contribution in [2.45, 2.75) is 43.9 Å². The molecule has 1 aromatic carbocycles. The number of rotatable bonds is 1. The van der Waals surface area contributed by atoms with Crippen molar-refractivity contribution in [3.05, 3.63) is 34.6 Å². The first-order valence-corrected chi connectivity index (χ1v) is 6.82. The van der Waals surface area contributed by atoms with Crippen LogP contribution in [0.15, 0.2) is 0 Å². The Kier molecular flexibility index (Phi) is 3.84. The number of fused-ring (bicyclic) bond motifs is 1. The zero-order chi connectivity index (χ0) is 16.2. The van der Waals surface area contributed by atoms with Gasteiger partial charge in [-0.3, -0.25) is 0 Å². The summed E-state index contributed by atoms with van der Waals surface area (Å²) in [5.74, 6) is -10.6. The maximum absolute atomic E-state index is 13.9. The first-order valence-electron chi connectivity index (χ1n) is 6.82. The van der Waals surface area contributed by atoms with E-state index >= 15 is 0 Å². The lowest BCUT2D eigenvalue weighted by atomic mass is 9.91. The van der Waals surface area contributed by atoms with Gasteiger partial charge in [-0.25, -0.2) is 22.0 Å². The third-order valence-corrected chi connectivity index (χ3v) is 4.38. The normalized spacial score (nSPS) is 27.4. The quantitative estimate of drug-likeness (QED) is 0.473. The predicted molar refractivity (Wildman–Crippen MR) is 62.3 cm³/mol. The third kappa shape index (κ3) is 2.03.